The zero-order valence-electron chi connectivity index (χ0n) is 9.59. The van der Waals surface area contributed by atoms with E-state index in [0.717, 1.165) is 7.11 Å². The quantitative estimate of drug-likeness (QED) is 0.683. The lowest BCUT2D eigenvalue weighted by molar-refractivity contribution is -0.141. The molecule has 0 spiro atoms. The highest BCUT2D eigenvalue weighted by Crippen LogP contribution is 2.33. The molecular formula is C10H9F5N2O2. The lowest BCUT2D eigenvalue weighted by atomic mass is 10.0. The second kappa shape index (κ2) is 5.47. The van der Waals surface area contributed by atoms with E-state index in [-0.39, 0.29) is 0 Å². The zero-order valence-corrected chi connectivity index (χ0v) is 9.59. The highest BCUT2D eigenvalue weighted by atomic mass is 19.4. The van der Waals surface area contributed by atoms with E-state index in [1.54, 1.807) is 0 Å². The van der Waals surface area contributed by atoms with Crippen molar-refractivity contribution in [1.82, 2.24) is 4.98 Å². The molecule has 0 fully saturated rings. The van der Waals surface area contributed by atoms with E-state index in [9.17, 15) is 26.7 Å². The molecule has 1 aromatic heterocycles. The molecular weight excluding hydrogens is 275 g/mol. The molecule has 9 heteroatoms. The first-order chi connectivity index (χ1) is 8.72. The number of alkyl halides is 5. The van der Waals surface area contributed by atoms with Crippen molar-refractivity contribution in [3.63, 3.8) is 0 Å². The van der Waals surface area contributed by atoms with Crippen LogP contribution in [0.15, 0.2) is 6.07 Å². The number of nitrogens with zero attached hydrogens (tertiary/aromatic N) is 1. The second-order valence-corrected chi connectivity index (χ2v) is 3.42. The summed E-state index contributed by atoms with van der Waals surface area (Å²) in [6.45, 7) is -0.532. The SMILES string of the molecule is COC(=O)c1c(CN)cc(C(F)(F)F)nc1C(F)F. The summed E-state index contributed by atoms with van der Waals surface area (Å²) < 4.78 is 67.2. The summed E-state index contributed by atoms with van der Waals surface area (Å²) in [4.78, 5) is 14.1. The first kappa shape index (κ1) is 15.3. The number of carbonyl (C=O) groups is 1. The molecule has 0 saturated carbocycles. The van der Waals surface area contributed by atoms with E-state index in [2.05, 4.69) is 9.72 Å². The van der Waals surface area contributed by atoms with E-state index < -0.39 is 47.6 Å². The number of pyridine rings is 1. The Balaban J connectivity index is 3.58. The van der Waals surface area contributed by atoms with Crippen molar-refractivity contribution < 1.29 is 31.5 Å². The maximum Gasteiger partial charge on any atom is 0.433 e. The van der Waals surface area contributed by atoms with Gasteiger partial charge in [-0.05, 0) is 11.6 Å². The molecule has 0 aliphatic rings. The minimum Gasteiger partial charge on any atom is -0.465 e. The van der Waals surface area contributed by atoms with Crippen molar-refractivity contribution in [1.29, 1.82) is 0 Å². The first-order valence-electron chi connectivity index (χ1n) is 4.89. The van der Waals surface area contributed by atoms with Crippen LogP contribution in [0, 0.1) is 0 Å². The van der Waals surface area contributed by atoms with E-state index >= 15 is 0 Å². The Hall–Kier alpha value is -1.77. The van der Waals surface area contributed by atoms with Crippen molar-refractivity contribution in [3.05, 3.63) is 28.6 Å². The minimum absolute atomic E-state index is 0.399. The van der Waals surface area contributed by atoms with Crippen LogP contribution >= 0.6 is 0 Å². The summed E-state index contributed by atoms with van der Waals surface area (Å²) in [5.74, 6) is -1.21. The van der Waals surface area contributed by atoms with E-state index in [1.165, 1.54) is 0 Å². The largest absolute Gasteiger partial charge is 0.465 e. The van der Waals surface area contributed by atoms with Crippen LogP contribution in [0.3, 0.4) is 0 Å². The number of hydrogen-bond donors (Lipinski definition) is 1. The molecule has 2 N–H and O–H groups in total. The molecule has 0 atom stereocenters. The molecule has 0 unspecified atom stereocenters. The third-order valence-electron chi connectivity index (χ3n) is 2.24. The minimum atomic E-state index is -4.91. The maximum absolute atomic E-state index is 12.7. The van der Waals surface area contributed by atoms with Crippen molar-refractivity contribution in [2.24, 2.45) is 5.73 Å². The van der Waals surface area contributed by atoms with Crippen molar-refractivity contribution in [3.8, 4) is 0 Å². The molecule has 0 bridgehead atoms. The standard InChI is InChI=1S/C10H9F5N2O2/c1-19-9(18)6-4(3-16)2-5(10(13,14)15)17-7(6)8(11)12/h2,8H,3,16H2,1H3. The lowest BCUT2D eigenvalue weighted by Crippen LogP contribution is -2.19. The Labute approximate surface area is 104 Å². The molecule has 0 saturated heterocycles. The van der Waals surface area contributed by atoms with Gasteiger partial charge >= 0.3 is 12.1 Å². The molecule has 1 heterocycles. The van der Waals surface area contributed by atoms with Gasteiger partial charge in [0.2, 0.25) is 0 Å². The smallest absolute Gasteiger partial charge is 0.433 e. The van der Waals surface area contributed by atoms with Crippen LogP contribution in [0.25, 0.3) is 0 Å². The van der Waals surface area contributed by atoms with Gasteiger partial charge in [-0.3, -0.25) is 0 Å². The average Bonchev–Trinajstić information content (AvgIpc) is 2.34. The average molecular weight is 284 g/mol. The summed E-state index contributed by atoms with van der Waals surface area (Å²) >= 11 is 0. The third-order valence-corrected chi connectivity index (χ3v) is 2.24. The van der Waals surface area contributed by atoms with E-state index in [1.807, 2.05) is 0 Å². The third kappa shape index (κ3) is 3.16. The number of nitrogens with two attached hydrogens (primary N) is 1. The van der Waals surface area contributed by atoms with Gasteiger partial charge in [0, 0.05) is 6.54 Å². The molecule has 0 aliphatic carbocycles. The van der Waals surface area contributed by atoms with Gasteiger partial charge in [0.1, 0.15) is 11.4 Å². The number of hydrogen-bond acceptors (Lipinski definition) is 4. The molecule has 0 aliphatic heterocycles. The van der Waals surface area contributed by atoms with Crippen LogP contribution in [-0.4, -0.2) is 18.1 Å². The molecule has 19 heavy (non-hydrogen) atoms. The highest BCUT2D eigenvalue weighted by molar-refractivity contribution is 5.92. The van der Waals surface area contributed by atoms with E-state index in [4.69, 9.17) is 5.73 Å². The maximum atomic E-state index is 12.7. The summed E-state index contributed by atoms with van der Waals surface area (Å²) in [5.41, 5.74) is 1.23. The van der Waals surface area contributed by atoms with Gasteiger partial charge in [-0.15, -0.1) is 0 Å². The fourth-order valence-electron chi connectivity index (χ4n) is 1.42. The van der Waals surface area contributed by atoms with Gasteiger partial charge < -0.3 is 10.5 Å². The van der Waals surface area contributed by atoms with Gasteiger partial charge in [0.25, 0.3) is 6.43 Å². The number of halogens is 5. The number of ether oxygens (including phenoxy) is 1. The van der Waals surface area contributed by atoms with Crippen LogP contribution in [0.1, 0.15) is 33.7 Å². The summed E-state index contributed by atoms with van der Waals surface area (Å²) in [5, 5.41) is 0. The summed E-state index contributed by atoms with van der Waals surface area (Å²) in [6.07, 6.45) is -8.27. The monoisotopic (exact) mass is 284 g/mol. The molecule has 0 amide bonds. The first-order valence-corrected chi connectivity index (χ1v) is 4.89. The van der Waals surface area contributed by atoms with Crippen molar-refractivity contribution >= 4 is 5.97 Å². The molecule has 1 rings (SSSR count). The molecule has 0 aromatic carbocycles. The second-order valence-electron chi connectivity index (χ2n) is 3.42. The highest BCUT2D eigenvalue weighted by Gasteiger charge is 2.36. The Bertz CT molecular complexity index is 488. The van der Waals surface area contributed by atoms with E-state index in [0.29, 0.717) is 6.07 Å². The number of methoxy groups -OCH3 is 1. The summed E-state index contributed by atoms with van der Waals surface area (Å²) in [6, 6.07) is 0.456. The van der Waals surface area contributed by atoms with Crippen LogP contribution in [0.5, 0.6) is 0 Å². The van der Waals surface area contributed by atoms with Crippen molar-refractivity contribution in [2.75, 3.05) is 7.11 Å². The topological polar surface area (TPSA) is 65.2 Å². The Kier molecular flexibility index (Phi) is 4.40. The van der Waals surface area contributed by atoms with Gasteiger partial charge in [0.05, 0.1) is 12.7 Å². The Morgan fingerprint density at radius 1 is 1.47 bits per heavy atom. The Morgan fingerprint density at radius 2 is 2.05 bits per heavy atom. The van der Waals surface area contributed by atoms with Crippen LogP contribution in [0.2, 0.25) is 0 Å². The molecule has 1 aromatic rings. The van der Waals surface area contributed by atoms with Crippen LogP contribution in [0.4, 0.5) is 22.0 Å². The Morgan fingerprint density at radius 3 is 2.42 bits per heavy atom. The predicted octanol–water partition coefficient (Wildman–Crippen LogP) is 2.28. The molecule has 4 nitrogen and oxygen atoms in total. The fraction of sp³-hybridized carbons (Fsp3) is 0.400. The van der Waals surface area contributed by atoms with Crippen LogP contribution in [-0.2, 0) is 17.5 Å². The van der Waals surface area contributed by atoms with Gasteiger partial charge in [0.15, 0.2) is 0 Å². The number of rotatable bonds is 3. The lowest BCUT2D eigenvalue weighted by Gasteiger charge is -2.14. The van der Waals surface area contributed by atoms with Crippen molar-refractivity contribution in [2.45, 2.75) is 19.1 Å². The summed E-state index contributed by atoms with van der Waals surface area (Å²) in [7, 11) is 0.912. The zero-order chi connectivity index (χ0) is 14.8. The number of carbonyl (C=O) groups excluding carboxylic acids is 1. The van der Waals surface area contributed by atoms with Gasteiger partial charge in [-0.1, -0.05) is 0 Å². The number of aromatic nitrogens is 1. The normalized spacial score (nSPS) is 11.8. The molecule has 0 radical (unpaired) electrons. The number of esters is 1. The van der Waals surface area contributed by atoms with Gasteiger partial charge in [-0.25, -0.2) is 18.6 Å². The van der Waals surface area contributed by atoms with Crippen LogP contribution < -0.4 is 5.73 Å². The predicted molar refractivity (Wildman–Crippen MR) is 53.4 cm³/mol. The van der Waals surface area contributed by atoms with Gasteiger partial charge in [-0.2, -0.15) is 13.2 Å². The molecule has 106 valence electrons. The fourth-order valence-corrected chi connectivity index (χ4v) is 1.42.